The number of nitrogens with zero attached hydrogens (tertiary/aromatic N) is 4. The molecule has 1 amide bonds. The summed E-state index contributed by atoms with van der Waals surface area (Å²) >= 11 is 0. The molecule has 0 unspecified atom stereocenters. The molecule has 1 saturated heterocycles. The molecule has 0 bridgehead atoms. The summed E-state index contributed by atoms with van der Waals surface area (Å²) in [6.07, 6.45) is 1.24. The highest BCUT2D eigenvalue weighted by Gasteiger charge is 2.26. The molecule has 1 aliphatic heterocycles. The number of hydrogen-bond acceptors (Lipinski definition) is 9. The molecule has 214 valence electrons. The van der Waals surface area contributed by atoms with Gasteiger partial charge in [-0.1, -0.05) is 6.07 Å². The lowest BCUT2D eigenvalue weighted by molar-refractivity contribution is -0.177. The van der Waals surface area contributed by atoms with Crippen LogP contribution < -0.4 is 26.5 Å². The molecule has 0 radical (unpaired) electrons. The van der Waals surface area contributed by atoms with Gasteiger partial charge in [0.05, 0.1) is 23.7 Å². The van der Waals surface area contributed by atoms with Gasteiger partial charge >= 0.3 is 11.7 Å². The van der Waals surface area contributed by atoms with E-state index >= 15 is 4.39 Å². The van der Waals surface area contributed by atoms with Crippen LogP contribution in [0.4, 0.5) is 10.1 Å². The van der Waals surface area contributed by atoms with Crippen molar-refractivity contribution in [3.8, 4) is 5.75 Å². The van der Waals surface area contributed by atoms with Crippen LogP contribution in [0.5, 0.6) is 5.75 Å². The number of benzene rings is 2. The van der Waals surface area contributed by atoms with Crippen LogP contribution in [0.2, 0.25) is 0 Å². The first-order valence-corrected chi connectivity index (χ1v) is 12.6. The first-order chi connectivity index (χ1) is 19.6. The third kappa shape index (κ3) is 4.93. The van der Waals surface area contributed by atoms with E-state index < -0.39 is 46.5 Å². The second-order valence-electron chi connectivity index (χ2n) is 9.29. The summed E-state index contributed by atoms with van der Waals surface area (Å²) in [5.41, 5.74) is -1.45. The van der Waals surface area contributed by atoms with Gasteiger partial charge in [-0.2, -0.15) is 4.89 Å². The number of fused-ring (bicyclic) bond motifs is 2. The maximum atomic E-state index is 15.2. The van der Waals surface area contributed by atoms with Crippen molar-refractivity contribution in [2.24, 2.45) is 0 Å². The van der Waals surface area contributed by atoms with Crippen molar-refractivity contribution in [2.75, 3.05) is 38.2 Å². The molecule has 3 heterocycles. The number of rotatable bonds is 7. The molecule has 5 rings (SSSR count). The number of para-hydroxylation sites is 1. The molecule has 2 aromatic carbocycles. The fourth-order valence-electron chi connectivity index (χ4n) is 4.94. The van der Waals surface area contributed by atoms with E-state index in [9.17, 15) is 29.1 Å². The number of aromatic carboxylic acids is 1. The van der Waals surface area contributed by atoms with Gasteiger partial charge in [0.15, 0.2) is 5.58 Å². The van der Waals surface area contributed by atoms with Gasteiger partial charge < -0.3 is 28.8 Å². The third-order valence-electron chi connectivity index (χ3n) is 7.02. The van der Waals surface area contributed by atoms with E-state index in [2.05, 4.69) is 4.89 Å². The van der Waals surface area contributed by atoms with Crippen LogP contribution in [-0.4, -0.2) is 64.3 Å². The average molecular weight is 569 g/mol. The zero-order valence-electron chi connectivity index (χ0n) is 22.1. The smallest absolute Gasteiger partial charge is 0.422 e. The average Bonchev–Trinajstić information content (AvgIpc) is 2.96. The SMILES string of the molecule is CCn1cc(C(=O)O)c(=O)c2cc(F)c(N3CCN(C(=O)Cn4c(=O)oc5c(OOC)cccc5c4=O)CC3)cc21. The normalized spacial score (nSPS) is 13.6. The summed E-state index contributed by atoms with van der Waals surface area (Å²) < 4.78 is 22.7. The molecule has 2 aromatic heterocycles. The first-order valence-electron chi connectivity index (χ1n) is 12.6. The Bertz CT molecular complexity index is 1870. The summed E-state index contributed by atoms with van der Waals surface area (Å²) in [7, 11) is 1.26. The molecule has 13 nitrogen and oxygen atoms in total. The number of carbonyl (C=O) groups excluding carboxylic acids is 1. The van der Waals surface area contributed by atoms with Crippen molar-refractivity contribution < 1.29 is 33.3 Å². The van der Waals surface area contributed by atoms with Crippen molar-refractivity contribution in [3.63, 3.8) is 0 Å². The van der Waals surface area contributed by atoms with Crippen LogP contribution in [-0.2, 0) is 22.8 Å². The van der Waals surface area contributed by atoms with Gasteiger partial charge in [-0.05, 0) is 31.2 Å². The number of carboxylic acid groups (broad SMARTS) is 1. The number of pyridine rings is 1. The van der Waals surface area contributed by atoms with E-state index in [4.69, 9.17) is 9.30 Å². The van der Waals surface area contributed by atoms with Crippen molar-refractivity contribution >= 4 is 39.4 Å². The molecule has 1 fully saturated rings. The molecule has 4 aromatic rings. The Kier molecular flexibility index (Phi) is 7.32. The minimum atomic E-state index is -1.39. The summed E-state index contributed by atoms with van der Waals surface area (Å²) in [5.74, 6) is -3.58. The number of aryl methyl sites for hydroxylation is 1. The highest BCUT2D eigenvalue weighted by atomic mass is 19.1. The van der Waals surface area contributed by atoms with E-state index in [0.29, 0.717) is 16.6 Å². The minimum absolute atomic E-state index is 0.0320. The van der Waals surface area contributed by atoms with Crippen LogP contribution in [0.25, 0.3) is 21.9 Å². The number of piperazine rings is 1. The highest BCUT2D eigenvalue weighted by molar-refractivity contribution is 5.93. The number of amides is 1. The highest BCUT2D eigenvalue weighted by Crippen LogP contribution is 2.27. The van der Waals surface area contributed by atoms with Crippen LogP contribution in [0.1, 0.15) is 17.3 Å². The van der Waals surface area contributed by atoms with E-state index in [1.807, 2.05) is 0 Å². The fourth-order valence-corrected chi connectivity index (χ4v) is 4.94. The number of aromatic nitrogens is 2. The Morgan fingerprint density at radius 1 is 1.07 bits per heavy atom. The summed E-state index contributed by atoms with van der Waals surface area (Å²) in [5, 5.41) is 9.34. The lowest BCUT2D eigenvalue weighted by Crippen LogP contribution is -2.51. The number of anilines is 1. The van der Waals surface area contributed by atoms with E-state index in [-0.39, 0.29) is 54.0 Å². The molecule has 0 aliphatic carbocycles. The fraction of sp³-hybridized carbons (Fsp3) is 0.296. The van der Waals surface area contributed by atoms with E-state index in [1.54, 1.807) is 16.4 Å². The van der Waals surface area contributed by atoms with Crippen molar-refractivity contribution in [2.45, 2.75) is 20.0 Å². The Labute approximate surface area is 230 Å². The molecule has 41 heavy (non-hydrogen) atoms. The van der Waals surface area contributed by atoms with Gasteiger partial charge in [-0.3, -0.25) is 14.4 Å². The predicted molar refractivity (Wildman–Crippen MR) is 144 cm³/mol. The molecule has 0 saturated carbocycles. The van der Waals surface area contributed by atoms with Crippen molar-refractivity contribution in [1.82, 2.24) is 14.0 Å². The minimum Gasteiger partial charge on any atom is -0.477 e. The monoisotopic (exact) mass is 568 g/mol. The van der Waals surface area contributed by atoms with Crippen molar-refractivity contribution in [3.05, 3.63) is 79.0 Å². The van der Waals surface area contributed by atoms with Crippen LogP contribution in [0.15, 0.2) is 55.3 Å². The standard InChI is InChI=1S/C27H25FN4O9/c1-3-29-13-17(26(36)37)23(34)16-11-18(28)20(12-19(16)29)30-7-9-31(10-8-30)22(33)14-32-25(35)15-5-4-6-21(41-39-2)24(15)40-27(32)38/h4-6,11-13H,3,7-10,14H2,1-2H3,(H,36,37). The van der Waals surface area contributed by atoms with Crippen molar-refractivity contribution in [1.29, 1.82) is 0 Å². The third-order valence-corrected chi connectivity index (χ3v) is 7.02. The Hall–Kier alpha value is -4.98. The Morgan fingerprint density at radius 2 is 1.80 bits per heavy atom. The van der Waals surface area contributed by atoms with Gasteiger partial charge in [-0.25, -0.2) is 18.5 Å². The molecule has 0 atom stereocenters. The molecule has 1 aliphatic rings. The number of halogens is 1. The topological polar surface area (TPSA) is 154 Å². The number of carbonyl (C=O) groups is 2. The Balaban J connectivity index is 1.36. The molecule has 0 spiro atoms. The van der Waals surface area contributed by atoms with Crippen LogP contribution >= 0.6 is 0 Å². The first kappa shape index (κ1) is 27.6. The van der Waals surface area contributed by atoms with Gasteiger partial charge in [0.25, 0.3) is 5.56 Å². The van der Waals surface area contributed by atoms with Crippen LogP contribution in [0.3, 0.4) is 0 Å². The summed E-state index contributed by atoms with van der Waals surface area (Å²) in [4.78, 5) is 75.4. The summed E-state index contributed by atoms with van der Waals surface area (Å²) in [6, 6.07) is 6.94. The van der Waals surface area contributed by atoms with E-state index in [0.717, 1.165) is 6.07 Å². The Morgan fingerprint density at radius 3 is 2.46 bits per heavy atom. The lowest BCUT2D eigenvalue weighted by Gasteiger charge is -2.36. The van der Waals surface area contributed by atoms with Gasteiger partial charge in [0.2, 0.25) is 17.1 Å². The molecule has 1 N–H and O–H groups in total. The number of carboxylic acids is 1. The van der Waals surface area contributed by atoms with Crippen LogP contribution in [0, 0.1) is 5.82 Å². The maximum absolute atomic E-state index is 15.2. The van der Waals surface area contributed by atoms with E-state index in [1.165, 1.54) is 42.5 Å². The van der Waals surface area contributed by atoms with Gasteiger partial charge in [-0.15, -0.1) is 0 Å². The zero-order valence-corrected chi connectivity index (χ0v) is 22.1. The van der Waals surface area contributed by atoms with Gasteiger partial charge in [0, 0.05) is 44.3 Å². The maximum Gasteiger partial charge on any atom is 0.422 e. The van der Waals surface area contributed by atoms with Gasteiger partial charge in [0.1, 0.15) is 17.9 Å². The predicted octanol–water partition coefficient (Wildman–Crippen LogP) is 1.42. The molecular formula is C27H25FN4O9. The second-order valence-corrected chi connectivity index (χ2v) is 9.29. The molecular weight excluding hydrogens is 543 g/mol. The zero-order chi connectivity index (χ0) is 29.4. The second kappa shape index (κ2) is 10.9. The largest absolute Gasteiger partial charge is 0.477 e. The molecule has 14 heteroatoms. The number of hydrogen-bond donors (Lipinski definition) is 1. The lowest BCUT2D eigenvalue weighted by atomic mass is 10.1. The summed E-state index contributed by atoms with van der Waals surface area (Å²) in [6.45, 7) is 2.39. The quantitative estimate of drug-likeness (QED) is 0.256.